The molecule has 38 heavy (non-hydrogen) atoms. The van der Waals surface area contributed by atoms with Crippen LogP contribution in [0.2, 0.25) is 0 Å². The zero-order valence-corrected chi connectivity index (χ0v) is 21.1. The molecule has 9 heteroatoms. The van der Waals surface area contributed by atoms with E-state index < -0.39 is 12.0 Å². The summed E-state index contributed by atoms with van der Waals surface area (Å²) in [7, 11) is 0. The average molecular weight is 515 g/mol. The van der Waals surface area contributed by atoms with Crippen molar-refractivity contribution in [1.82, 2.24) is 14.8 Å². The minimum absolute atomic E-state index is 0.0444. The molecule has 0 radical (unpaired) electrons. The van der Waals surface area contributed by atoms with E-state index in [1.165, 1.54) is 12.4 Å². The van der Waals surface area contributed by atoms with Crippen LogP contribution in [0, 0.1) is 5.82 Å². The van der Waals surface area contributed by atoms with E-state index in [4.69, 9.17) is 14.2 Å². The molecule has 1 unspecified atom stereocenters. The third-order valence-corrected chi connectivity index (χ3v) is 6.15. The van der Waals surface area contributed by atoms with Crippen molar-refractivity contribution < 1.29 is 23.4 Å². The number of carbonyl (C=O) groups is 1. The van der Waals surface area contributed by atoms with Crippen LogP contribution in [-0.4, -0.2) is 27.3 Å². The molecule has 1 aromatic heterocycles. The van der Waals surface area contributed by atoms with Crippen LogP contribution in [0.25, 0.3) is 0 Å². The fourth-order valence-corrected chi connectivity index (χ4v) is 4.32. The number of allylic oxidation sites excluding steroid dienone is 1. The van der Waals surface area contributed by atoms with Crippen molar-refractivity contribution in [2.24, 2.45) is 0 Å². The topological polar surface area (TPSA) is 87.5 Å². The first-order valence-corrected chi connectivity index (χ1v) is 12.3. The minimum Gasteiger partial charge on any atom is -0.490 e. The molecule has 0 fully saturated rings. The van der Waals surface area contributed by atoms with Crippen LogP contribution in [0.15, 0.2) is 90.4 Å². The lowest BCUT2D eigenvalue weighted by Crippen LogP contribution is -2.29. The molecule has 2 heterocycles. The summed E-state index contributed by atoms with van der Waals surface area (Å²) in [5.74, 6) is 0.624. The van der Waals surface area contributed by atoms with Gasteiger partial charge in [-0.3, -0.25) is 0 Å². The molecule has 0 bridgehead atoms. The number of fused-ring (bicyclic) bond motifs is 1. The number of aromatic nitrogens is 3. The van der Waals surface area contributed by atoms with Gasteiger partial charge in [0.1, 0.15) is 31.4 Å². The number of esters is 1. The lowest BCUT2D eigenvalue weighted by molar-refractivity contribution is -0.140. The van der Waals surface area contributed by atoms with Crippen LogP contribution in [0.5, 0.6) is 11.5 Å². The zero-order chi connectivity index (χ0) is 26.5. The highest BCUT2D eigenvalue weighted by atomic mass is 19.1. The second kappa shape index (κ2) is 11.2. The smallest absolute Gasteiger partial charge is 0.338 e. The maximum absolute atomic E-state index is 14.1. The maximum Gasteiger partial charge on any atom is 0.338 e. The SMILES string of the molecule is CCOc1cc(C2C(C(=O)OCc3ccccc3)=C(C)Nc3ncnn32)ccc1OCc1ccccc1F. The molecule has 0 aliphatic carbocycles. The Hall–Kier alpha value is -4.66. The predicted octanol–water partition coefficient (Wildman–Crippen LogP) is 5.43. The molecule has 0 saturated carbocycles. The van der Waals surface area contributed by atoms with Crippen LogP contribution in [-0.2, 0) is 22.7 Å². The summed E-state index contributed by atoms with van der Waals surface area (Å²) in [4.78, 5) is 17.7. The van der Waals surface area contributed by atoms with Gasteiger partial charge < -0.3 is 19.5 Å². The molecule has 194 valence electrons. The third-order valence-electron chi connectivity index (χ3n) is 6.15. The van der Waals surface area contributed by atoms with Crippen LogP contribution in [0.1, 0.15) is 36.6 Å². The normalized spacial score (nSPS) is 14.4. The molecule has 0 spiro atoms. The van der Waals surface area contributed by atoms with Crippen LogP contribution < -0.4 is 14.8 Å². The van der Waals surface area contributed by atoms with E-state index in [0.29, 0.717) is 40.9 Å². The van der Waals surface area contributed by atoms with Gasteiger partial charge in [-0.05, 0) is 43.2 Å². The Bertz CT molecular complexity index is 1470. The van der Waals surface area contributed by atoms with Crippen molar-refractivity contribution in [2.75, 3.05) is 11.9 Å². The van der Waals surface area contributed by atoms with Crippen molar-refractivity contribution in [2.45, 2.75) is 33.1 Å². The highest BCUT2D eigenvalue weighted by molar-refractivity contribution is 5.92. The molecular weight excluding hydrogens is 487 g/mol. The molecule has 1 aliphatic heterocycles. The molecule has 0 saturated heterocycles. The van der Waals surface area contributed by atoms with Gasteiger partial charge in [0.15, 0.2) is 11.5 Å². The van der Waals surface area contributed by atoms with E-state index in [0.717, 1.165) is 11.1 Å². The lowest BCUT2D eigenvalue weighted by atomic mass is 9.95. The minimum atomic E-state index is -0.614. The van der Waals surface area contributed by atoms with E-state index in [-0.39, 0.29) is 19.0 Å². The average Bonchev–Trinajstić information content (AvgIpc) is 3.40. The Labute approximate surface area is 219 Å². The van der Waals surface area contributed by atoms with E-state index in [1.54, 1.807) is 41.9 Å². The number of nitrogens with one attached hydrogen (secondary N) is 1. The zero-order valence-electron chi connectivity index (χ0n) is 21.1. The number of rotatable bonds is 9. The number of ether oxygens (including phenoxy) is 3. The molecule has 4 aromatic rings. The van der Waals surface area contributed by atoms with Gasteiger partial charge in [-0.15, -0.1) is 0 Å². The first-order valence-electron chi connectivity index (χ1n) is 12.3. The Morgan fingerprint density at radius 1 is 1.00 bits per heavy atom. The van der Waals surface area contributed by atoms with Gasteiger partial charge in [-0.25, -0.2) is 13.9 Å². The molecule has 3 aromatic carbocycles. The van der Waals surface area contributed by atoms with Crippen LogP contribution in [0.3, 0.4) is 0 Å². The van der Waals surface area contributed by atoms with Crippen molar-refractivity contribution in [3.05, 3.63) is 113 Å². The van der Waals surface area contributed by atoms with Gasteiger partial charge in [0.05, 0.1) is 12.2 Å². The lowest BCUT2D eigenvalue weighted by Gasteiger charge is -2.28. The van der Waals surface area contributed by atoms with Crippen molar-refractivity contribution >= 4 is 11.9 Å². The second-order valence-electron chi connectivity index (χ2n) is 8.68. The van der Waals surface area contributed by atoms with Crippen LogP contribution in [0.4, 0.5) is 10.3 Å². The summed E-state index contributed by atoms with van der Waals surface area (Å²) in [6.07, 6.45) is 1.43. The molecular formula is C29H27FN4O4. The summed E-state index contributed by atoms with van der Waals surface area (Å²) in [5, 5.41) is 7.51. The van der Waals surface area contributed by atoms with E-state index in [9.17, 15) is 9.18 Å². The number of anilines is 1. The van der Waals surface area contributed by atoms with Crippen molar-refractivity contribution in [3.63, 3.8) is 0 Å². The standard InChI is InChI=1S/C29H27FN4O4/c1-3-36-25-15-21(13-14-24(25)37-17-22-11-7-8-12-23(22)30)27-26(19(2)33-29-31-18-32-34(27)29)28(35)38-16-20-9-5-4-6-10-20/h4-15,18,27H,3,16-17H2,1-2H3,(H,31,32,33). The Kier molecular flexibility index (Phi) is 7.35. The summed E-state index contributed by atoms with van der Waals surface area (Å²) in [6, 6.07) is 20.7. The highest BCUT2D eigenvalue weighted by Crippen LogP contribution is 2.39. The van der Waals surface area contributed by atoms with Gasteiger partial charge in [0, 0.05) is 11.3 Å². The van der Waals surface area contributed by atoms with Gasteiger partial charge >= 0.3 is 5.97 Å². The molecule has 1 atom stereocenters. The number of hydrogen-bond acceptors (Lipinski definition) is 7. The monoisotopic (exact) mass is 514 g/mol. The Morgan fingerprint density at radius 3 is 2.58 bits per heavy atom. The summed E-state index contributed by atoms with van der Waals surface area (Å²) in [5.41, 5.74) is 3.07. The van der Waals surface area contributed by atoms with E-state index in [1.807, 2.05) is 43.3 Å². The van der Waals surface area contributed by atoms with Crippen molar-refractivity contribution in [3.8, 4) is 11.5 Å². The Morgan fingerprint density at radius 2 is 1.79 bits per heavy atom. The van der Waals surface area contributed by atoms with Gasteiger partial charge in [0.25, 0.3) is 0 Å². The fraction of sp³-hybridized carbons (Fsp3) is 0.207. The molecule has 1 N–H and O–H groups in total. The largest absolute Gasteiger partial charge is 0.490 e. The van der Waals surface area contributed by atoms with Gasteiger partial charge in [0.2, 0.25) is 5.95 Å². The summed E-state index contributed by atoms with van der Waals surface area (Å²) in [6.45, 7) is 4.24. The molecule has 1 aliphatic rings. The number of benzene rings is 3. The first-order chi connectivity index (χ1) is 18.5. The number of halogens is 1. The number of hydrogen-bond donors (Lipinski definition) is 1. The second-order valence-corrected chi connectivity index (χ2v) is 8.68. The number of carbonyl (C=O) groups excluding carboxylic acids is 1. The van der Waals surface area contributed by atoms with Crippen molar-refractivity contribution in [1.29, 1.82) is 0 Å². The first kappa shape index (κ1) is 25.0. The van der Waals surface area contributed by atoms with Crippen LogP contribution >= 0.6 is 0 Å². The summed E-state index contributed by atoms with van der Waals surface area (Å²) >= 11 is 0. The quantitative estimate of drug-likeness (QED) is 0.298. The predicted molar refractivity (Wildman–Crippen MR) is 139 cm³/mol. The third kappa shape index (κ3) is 5.22. The van der Waals surface area contributed by atoms with Gasteiger partial charge in [-0.2, -0.15) is 10.1 Å². The highest BCUT2D eigenvalue weighted by Gasteiger charge is 2.35. The Balaban J connectivity index is 1.46. The molecule has 5 rings (SSSR count). The molecule has 0 amide bonds. The maximum atomic E-state index is 14.1. The fourth-order valence-electron chi connectivity index (χ4n) is 4.32. The van der Waals surface area contributed by atoms with Gasteiger partial charge in [-0.1, -0.05) is 54.6 Å². The number of nitrogens with zero attached hydrogens (tertiary/aromatic N) is 3. The van der Waals surface area contributed by atoms with E-state index in [2.05, 4.69) is 15.4 Å². The van der Waals surface area contributed by atoms with E-state index >= 15 is 0 Å². The molecule has 8 nitrogen and oxygen atoms in total. The summed E-state index contributed by atoms with van der Waals surface area (Å²) < 4.78 is 33.2.